The predicted octanol–water partition coefficient (Wildman–Crippen LogP) is 1.91. The zero-order valence-electron chi connectivity index (χ0n) is 11.0. The number of rotatable bonds is 5. The molecule has 0 aromatic carbocycles. The number of imidazole rings is 1. The maximum atomic E-state index is 5.93. The molecule has 2 aromatic rings. The van der Waals surface area contributed by atoms with E-state index in [0.717, 1.165) is 25.1 Å². The largest absolute Gasteiger partial charge is 0.333 e. The normalized spacial score (nSPS) is 12.6. The summed E-state index contributed by atoms with van der Waals surface area (Å²) in [7, 11) is 0. The Kier molecular flexibility index (Phi) is 4.10. The van der Waals surface area contributed by atoms with Crippen LogP contribution in [-0.4, -0.2) is 20.6 Å². The van der Waals surface area contributed by atoms with Gasteiger partial charge >= 0.3 is 0 Å². The molecule has 0 saturated heterocycles. The Morgan fingerprint density at radius 1 is 1.39 bits per heavy atom. The summed E-state index contributed by atoms with van der Waals surface area (Å²) in [6.45, 7) is 4.96. The Labute approximate surface area is 108 Å². The Bertz CT molecular complexity index is 504. The SMILES string of the molecule is CCC(N)Cc1cn(Cc2cncc(C)c2)cn1. The van der Waals surface area contributed by atoms with E-state index in [1.165, 1.54) is 11.1 Å². The van der Waals surface area contributed by atoms with Gasteiger partial charge in [0.1, 0.15) is 0 Å². The molecule has 0 fully saturated rings. The molecule has 2 rings (SSSR count). The summed E-state index contributed by atoms with van der Waals surface area (Å²) in [5, 5.41) is 0. The van der Waals surface area contributed by atoms with Gasteiger partial charge in [0.2, 0.25) is 0 Å². The second-order valence-corrected chi connectivity index (χ2v) is 4.78. The Morgan fingerprint density at radius 3 is 2.94 bits per heavy atom. The van der Waals surface area contributed by atoms with Gasteiger partial charge in [-0.2, -0.15) is 0 Å². The van der Waals surface area contributed by atoms with Gasteiger partial charge in [-0.15, -0.1) is 0 Å². The third-order valence-corrected chi connectivity index (χ3v) is 2.98. The van der Waals surface area contributed by atoms with Crippen LogP contribution in [0.2, 0.25) is 0 Å². The average Bonchev–Trinajstić information content (AvgIpc) is 2.76. The first kappa shape index (κ1) is 12.8. The third kappa shape index (κ3) is 3.40. The van der Waals surface area contributed by atoms with Crippen LogP contribution in [0.4, 0.5) is 0 Å². The summed E-state index contributed by atoms with van der Waals surface area (Å²) >= 11 is 0. The van der Waals surface area contributed by atoms with E-state index >= 15 is 0 Å². The van der Waals surface area contributed by atoms with Gasteiger partial charge in [-0.1, -0.05) is 13.0 Å². The summed E-state index contributed by atoms with van der Waals surface area (Å²) in [6, 6.07) is 2.35. The van der Waals surface area contributed by atoms with Crippen LogP contribution in [0, 0.1) is 6.92 Å². The zero-order valence-corrected chi connectivity index (χ0v) is 11.0. The van der Waals surface area contributed by atoms with Crippen LogP contribution in [0.3, 0.4) is 0 Å². The van der Waals surface area contributed by atoms with Gasteiger partial charge in [0.15, 0.2) is 0 Å². The Hall–Kier alpha value is -1.68. The first-order chi connectivity index (χ1) is 8.67. The van der Waals surface area contributed by atoms with Gasteiger partial charge in [0.05, 0.1) is 18.6 Å². The van der Waals surface area contributed by atoms with Gasteiger partial charge in [-0.05, 0) is 24.5 Å². The highest BCUT2D eigenvalue weighted by Gasteiger charge is 2.05. The zero-order chi connectivity index (χ0) is 13.0. The second-order valence-electron chi connectivity index (χ2n) is 4.78. The fourth-order valence-electron chi connectivity index (χ4n) is 1.93. The highest BCUT2D eigenvalue weighted by molar-refractivity contribution is 5.17. The molecule has 1 unspecified atom stereocenters. The van der Waals surface area contributed by atoms with E-state index in [1.54, 1.807) is 0 Å². The van der Waals surface area contributed by atoms with Crippen molar-refractivity contribution in [3.05, 3.63) is 47.8 Å². The number of pyridine rings is 1. The van der Waals surface area contributed by atoms with Crippen molar-refractivity contribution >= 4 is 0 Å². The molecule has 2 heterocycles. The minimum atomic E-state index is 0.203. The van der Waals surface area contributed by atoms with E-state index < -0.39 is 0 Å². The van der Waals surface area contributed by atoms with E-state index in [2.05, 4.69) is 40.6 Å². The van der Waals surface area contributed by atoms with E-state index in [9.17, 15) is 0 Å². The molecule has 18 heavy (non-hydrogen) atoms. The lowest BCUT2D eigenvalue weighted by Gasteiger charge is -2.05. The second kappa shape index (κ2) is 5.78. The Morgan fingerprint density at radius 2 is 2.22 bits per heavy atom. The fraction of sp³-hybridized carbons (Fsp3) is 0.429. The van der Waals surface area contributed by atoms with E-state index in [1.807, 2.05) is 18.7 Å². The van der Waals surface area contributed by atoms with Crippen LogP contribution >= 0.6 is 0 Å². The van der Waals surface area contributed by atoms with Crippen LogP contribution in [0.25, 0.3) is 0 Å². The molecule has 2 N–H and O–H groups in total. The summed E-state index contributed by atoms with van der Waals surface area (Å²) in [4.78, 5) is 8.58. The quantitative estimate of drug-likeness (QED) is 0.874. The minimum absolute atomic E-state index is 0.203. The molecule has 0 bridgehead atoms. The third-order valence-electron chi connectivity index (χ3n) is 2.98. The molecular formula is C14H20N4. The van der Waals surface area contributed by atoms with E-state index in [-0.39, 0.29) is 6.04 Å². The molecule has 2 aromatic heterocycles. The van der Waals surface area contributed by atoms with Gasteiger partial charge in [0.25, 0.3) is 0 Å². The highest BCUT2D eigenvalue weighted by Crippen LogP contribution is 2.07. The molecule has 4 heteroatoms. The van der Waals surface area contributed by atoms with E-state index in [4.69, 9.17) is 5.73 Å². The molecule has 0 radical (unpaired) electrons. The van der Waals surface area contributed by atoms with Crippen molar-refractivity contribution in [1.82, 2.24) is 14.5 Å². The van der Waals surface area contributed by atoms with Crippen molar-refractivity contribution in [3.8, 4) is 0 Å². The smallest absolute Gasteiger partial charge is 0.0952 e. The molecule has 0 amide bonds. The maximum absolute atomic E-state index is 5.93. The van der Waals surface area contributed by atoms with Crippen molar-refractivity contribution in [3.63, 3.8) is 0 Å². The van der Waals surface area contributed by atoms with Crippen molar-refractivity contribution < 1.29 is 0 Å². The lowest BCUT2D eigenvalue weighted by atomic mass is 10.1. The summed E-state index contributed by atoms with van der Waals surface area (Å²) in [6.07, 6.45) is 9.51. The fourth-order valence-corrected chi connectivity index (χ4v) is 1.93. The number of nitrogens with zero attached hydrogens (tertiary/aromatic N) is 3. The van der Waals surface area contributed by atoms with Gasteiger partial charge < -0.3 is 10.3 Å². The van der Waals surface area contributed by atoms with Gasteiger partial charge in [-0.3, -0.25) is 4.98 Å². The molecule has 4 nitrogen and oxygen atoms in total. The number of hydrogen-bond donors (Lipinski definition) is 1. The van der Waals surface area contributed by atoms with Crippen molar-refractivity contribution in [2.24, 2.45) is 5.73 Å². The molecule has 0 saturated carbocycles. The van der Waals surface area contributed by atoms with Gasteiger partial charge in [-0.25, -0.2) is 4.98 Å². The topological polar surface area (TPSA) is 56.7 Å². The summed E-state index contributed by atoms with van der Waals surface area (Å²) < 4.78 is 2.08. The number of hydrogen-bond acceptors (Lipinski definition) is 3. The number of aryl methyl sites for hydroxylation is 1. The van der Waals surface area contributed by atoms with Crippen molar-refractivity contribution in [2.75, 3.05) is 0 Å². The van der Waals surface area contributed by atoms with E-state index in [0.29, 0.717) is 0 Å². The maximum Gasteiger partial charge on any atom is 0.0952 e. The molecule has 0 aliphatic carbocycles. The minimum Gasteiger partial charge on any atom is -0.333 e. The highest BCUT2D eigenvalue weighted by atomic mass is 15.0. The molecular weight excluding hydrogens is 224 g/mol. The lowest BCUT2D eigenvalue weighted by Crippen LogP contribution is -2.21. The lowest BCUT2D eigenvalue weighted by molar-refractivity contribution is 0.638. The monoisotopic (exact) mass is 244 g/mol. The number of nitrogens with two attached hydrogens (primary N) is 1. The van der Waals surface area contributed by atoms with Gasteiger partial charge in [0, 0.05) is 31.1 Å². The molecule has 1 atom stereocenters. The first-order valence-corrected chi connectivity index (χ1v) is 6.34. The van der Waals surface area contributed by atoms with Crippen LogP contribution in [-0.2, 0) is 13.0 Å². The predicted molar refractivity (Wildman–Crippen MR) is 72.3 cm³/mol. The van der Waals surface area contributed by atoms with Crippen LogP contribution < -0.4 is 5.73 Å². The van der Waals surface area contributed by atoms with Crippen LogP contribution in [0.5, 0.6) is 0 Å². The molecule has 0 aliphatic rings. The van der Waals surface area contributed by atoms with Crippen LogP contribution in [0.1, 0.15) is 30.2 Å². The molecule has 0 spiro atoms. The Balaban J connectivity index is 2.02. The van der Waals surface area contributed by atoms with Crippen molar-refractivity contribution in [2.45, 2.75) is 39.3 Å². The molecule has 0 aliphatic heterocycles. The summed E-state index contributed by atoms with van der Waals surface area (Å²) in [5.74, 6) is 0. The standard InChI is InChI=1S/C14H20N4/c1-3-13(15)5-14-9-18(10-17-14)8-12-4-11(2)6-16-7-12/h4,6-7,9-10,13H,3,5,8,15H2,1-2H3. The number of aromatic nitrogens is 3. The average molecular weight is 244 g/mol. The first-order valence-electron chi connectivity index (χ1n) is 6.34. The summed E-state index contributed by atoms with van der Waals surface area (Å²) in [5.41, 5.74) is 9.36. The van der Waals surface area contributed by atoms with Crippen molar-refractivity contribution in [1.29, 1.82) is 0 Å². The van der Waals surface area contributed by atoms with Crippen LogP contribution in [0.15, 0.2) is 31.0 Å². The molecule has 96 valence electrons.